The van der Waals surface area contributed by atoms with E-state index >= 15 is 0 Å². The zero-order valence-corrected chi connectivity index (χ0v) is 11.9. The van der Waals surface area contributed by atoms with Gasteiger partial charge in [0, 0.05) is 37.3 Å². The molecule has 0 unspecified atom stereocenters. The molecular formula is C17H20N2O2. The van der Waals surface area contributed by atoms with E-state index in [4.69, 9.17) is 5.21 Å². The average Bonchev–Trinajstić information content (AvgIpc) is 2.57. The maximum atomic E-state index is 11.8. The largest absolute Gasteiger partial charge is 0.314 e. The first-order valence-corrected chi connectivity index (χ1v) is 7.07. The average molecular weight is 284 g/mol. The number of ketones is 1. The Balaban J connectivity index is 0.000000194. The summed E-state index contributed by atoms with van der Waals surface area (Å²) < 4.78 is 0. The minimum absolute atomic E-state index is 0.0752. The molecule has 1 fully saturated rings. The summed E-state index contributed by atoms with van der Waals surface area (Å²) in [4.78, 5) is 11.8. The maximum Gasteiger partial charge on any atom is 0.193 e. The van der Waals surface area contributed by atoms with Crippen LogP contribution in [0.3, 0.4) is 0 Å². The first-order chi connectivity index (χ1) is 10.3. The van der Waals surface area contributed by atoms with Gasteiger partial charge in [-0.05, 0) is 0 Å². The summed E-state index contributed by atoms with van der Waals surface area (Å²) in [5.41, 5.74) is 1.47. The van der Waals surface area contributed by atoms with Crippen molar-refractivity contribution in [3.05, 3.63) is 71.8 Å². The first-order valence-electron chi connectivity index (χ1n) is 7.07. The molecule has 0 aliphatic carbocycles. The molecule has 0 saturated carbocycles. The van der Waals surface area contributed by atoms with Crippen molar-refractivity contribution in [2.24, 2.45) is 0 Å². The molecule has 0 bridgehead atoms. The molecule has 4 nitrogen and oxygen atoms in total. The second-order valence-electron chi connectivity index (χ2n) is 4.76. The minimum Gasteiger partial charge on any atom is -0.314 e. The predicted octanol–water partition coefficient (Wildman–Crippen LogP) is 2.20. The molecule has 0 amide bonds. The number of benzene rings is 2. The predicted molar refractivity (Wildman–Crippen MR) is 82.5 cm³/mol. The highest BCUT2D eigenvalue weighted by molar-refractivity contribution is 6.08. The fraction of sp³-hybridized carbons (Fsp3) is 0.235. The van der Waals surface area contributed by atoms with Gasteiger partial charge in [-0.2, -0.15) is 5.06 Å². The van der Waals surface area contributed by atoms with Crippen LogP contribution in [-0.2, 0) is 0 Å². The van der Waals surface area contributed by atoms with Crippen LogP contribution in [-0.4, -0.2) is 42.2 Å². The van der Waals surface area contributed by atoms with E-state index in [0.29, 0.717) is 0 Å². The standard InChI is InChI=1S/C13H10O.C4H10N2O/c14-13(11-7-3-1-4-8-11)12-9-5-2-6-10-12;7-6-3-1-5-2-4-6/h1-10H;5,7H,1-4H2. The van der Waals surface area contributed by atoms with Crippen LogP contribution in [0.25, 0.3) is 0 Å². The second-order valence-corrected chi connectivity index (χ2v) is 4.76. The summed E-state index contributed by atoms with van der Waals surface area (Å²) in [5, 5.41) is 13.1. The molecule has 1 heterocycles. The fourth-order valence-corrected chi connectivity index (χ4v) is 2.00. The van der Waals surface area contributed by atoms with E-state index in [2.05, 4.69) is 5.32 Å². The summed E-state index contributed by atoms with van der Waals surface area (Å²) in [5.74, 6) is 0.0752. The summed E-state index contributed by atoms with van der Waals surface area (Å²) in [7, 11) is 0. The van der Waals surface area contributed by atoms with Crippen molar-refractivity contribution in [3.63, 3.8) is 0 Å². The number of rotatable bonds is 2. The number of carbonyl (C=O) groups is 1. The Morgan fingerprint density at radius 3 is 1.62 bits per heavy atom. The Kier molecular flexibility index (Phi) is 6.09. The second kappa shape index (κ2) is 8.32. The van der Waals surface area contributed by atoms with Crippen molar-refractivity contribution in [2.45, 2.75) is 0 Å². The van der Waals surface area contributed by atoms with Crippen LogP contribution >= 0.6 is 0 Å². The normalized spacial score (nSPS) is 14.9. The molecule has 21 heavy (non-hydrogen) atoms. The number of hydrogen-bond donors (Lipinski definition) is 2. The van der Waals surface area contributed by atoms with Crippen molar-refractivity contribution < 1.29 is 10.0 Å². The molecule has 0 atom stereocenters. The molecule has 4 heteroatoms. The van der Waals surface area contributed by atoms with Gasteiger partial charge < -0.3 is 10.5 Å². The van der Waals surface area contributed by atoms with Gasteiger partial charge in [0.15, 0.2) is 5.78 Å². The van der Waals surface area contributed by atoms with E-state index in [0.717, 1.165) is 37.3 Å². The number of carbonyl (C=O) groups excluding carboxylic acids is 1. The SMILES string of the molecule is O=C(c1ccccc1)c1ccccc1.ON1CCNCC1. The zero-order valence-electron chi connectivity index (χ0n) is 11.9. The molecule has 1 aliphatic rings. The number of hydrogen-bond acceptors (Lipinski definition) is 4. The van der Waals surface area contributed by atoms with Crippen LogP contribution in [0.5, 0.6) is 0 Å². The van der Waals surface area contributed by atoms with Crippen LogP contribution in [0.15, 0.2) is 60.7 Å². The van der Waals surface area contributed by atoms with Gasteiger partial charge in [0.2, 0.25) is 0 Å². The molecule has 0 aromatic heterocycles. The molecule has 2 aromatic rings. The van der Waals surface area contributed by atoms with Crippen LogP contribution in [0.1, 0.15) is 15.9 Å². The molecule has 3 rings (SSSR count). The highest BCUT2D eigenvalue weighted by Crippen LogP contribution is 2.08. The fourth-order valence-electron chi connectivity index (χ4n) is 2.00. The quantitative estimate of drug-likeness (QED) is 0.830. The van der Waals surface area contributed by atoms with Crippen LogP contribution in [0, 0.1) is 0 Å². The Labute approximate surface area is 125 Å². The van der Waals surface area contributed by atoms with E-state index in [-0.39, 0.29) is 5.78 Å². The van der Waals surface area contributed by atoms with E-state index in [1.54, 1.807) is 0 Å². The van der Waals surface area contributed by atoms with Gasteiger partial charge in [-0.3, -0.25) is 4.79 Å². The van der Waals surface area contributed by atoms with E-state index < -0.39 is 0 Å². The highest BCUT2D eigenvalue weighted by atomic mass is 16.5. The number of piperazine rings is 1. The van der Waals surface area contributed by atoms with Crippen LogP contribution < -0.4 is 5.32 Å². The lowest BCUT2D eigenvalue weighted by atomic mass is 10.0. The van der Waals surface area contributed by atoms with Crippen molar-refractivity contribution in [1.82, 2.24) is 10.4 Å². The van der Waals surface area contributed by atoms with Crippen molar-refractivity contribution in [1.29, 1.82) is 0 Å². The molecule has 2 N–H and O–H groups in total. The monoisotopic (exact) mass is 284 g/mol. The molecule has 1 aliphatic heterocycles. The topological polar surface area (TPSA) is 52.6 Å². The first kappa shape index (κ1) is 15.4. The summed E-state index contributed by atoms with van der Waals surface area (Å²) in [6, 6.07) is 18.6. The third kappa shape index (κ3) is 5.11. The summed E-state index contributed by atoms with van der Waals surface area (Å²) in [6.07, 6.45) is 0. The van der Waals surface area contributed by atoms with Crippen molar-refractivity contribution in [2.75, 3.05) is 26.2 Å². The third-order valence-electron chi connectivity index (χ3n) is 3.17. The third-order valence-corrected chi connectivity index (χ3v) is 3.17. The van der Waals surface area contributed by atoms with Gasteiger partial charge >= 0.3 is 0 Å². The van der Waals surface area contributed by atoms with Gasteiger partial charge in [0.1, 0.15) is 0 Å². The van der Waals surface area contributed by atoms with Gasteiger partial charge in [0.25, 0.3) is 0 Å². The lowest BCUT2D eigenvalue weighted by Crippen LogP contribution is -2.41. The molecule has 0 radical (unpaired) electrons. The van der Waals surface area contributed by atoms with Gasteiger partial charge in [-0.1, -0.05) is 60.7 Å². The van der Waals surface area contributed by atoms with E-state index in [1.165, 1.54) is 5.06 Å². The van der Waals surface area contributed by atoms with Crippen molar-refractivity contribution in [3.8, 4) is 0 Å². The maximum absolute atomic E-state index is 11.8. The lowest BCUT2D eigenvalue weighted by Gasteiger charge is -2.19. The Morgan fingerprint density at radius 2 is 1.29 bits per heavy atom. The van der Waals surface area contributed by atoms with Crippen LogP contribution in [0.2, 0.25) is 0 Å². The van der Waals surface area contributed by atoms with Gasteiger partial charge in [0.05, 0.1) is 0 Å². The number of nitrogens with one attached hydrogen (secondary N) is 1. The molecule has 1 saturated heterocycles. The summed E-state index contributed by atoms with van der Waals surface area (Å²) in [6.45, 7) is 3.35. The van der Waals surface area contributed by atoms with E-state index in [9.17, 15) is 4.79 Å². The minimum atomic E-state index is 0.0752. The van der Waals surface area contributed by atoms with Gasteiger partial charge in [-0.15, -0.1) is 0 Å². The van der Waals surface area contributed by atoms with E-state index in [1.807, 2.05) is 60.7 Å². The Hall–Kier alpha value is -2.01. The molecular weight excluding hydrogens is 264 g/mol. The number of hydroxylamine groups is 2. The van der Waals surface area contributed by atoms with Gasteiger partial charge in [-0.25, -0.2) is 0 Å². The number of nitrogens with zero attached hydrogens (tertiary/aromatic N) is 1. The van der Waals surface area contributed by atoms with Crippen LogP contribution in [0.4, 0.5) is 0 Å². The summed E-state index contributed by atoms with van der Waals surface area (Å²) >= 11 is 0. The van der Waals surface area contributed by atoms with Crippen molar-refractivity contribution >= 4 is 5.78 Å². The highest BCUT2D eigenvalue weighted by Gasteiger charge is 2.06. The molecule has 0 spiro atoms. The zero-order chi connectivity index (χ0) is 14.9. The lowest BCUT2D eigenvalue weighted by molar-refractivity contribution is -0.0976. The molecule has 110 valence electrons. The Bertz CT molecular complexity index is 496. The molecule has 2 aromatic carbocycles. The smallest absolute Gasteiger partial charge is 0.193 e. The Morgan fingerprint density at radius 1 is 0.857 bits per heavy atom.